The highest BCUT2D eigenvalue weighted by atomic mass is 16.5. The molecule has 0 aromatic carbocycles. The van der Waals surface area contributed by atoms with Gasteiger partial charge in [-0.15, -0.1) is 0 Å². The Hall–Kier alpha value is -0.570. The first-order chi connectivity index (χ1) is 5.25. The van der Waals surface area contributed by atoms with Crippen molar-refractivity contribution in [1.82, 2.24) is 5.32 Å². The van der Waals surface area contributed by atoms with Crippen LogP contribution in [0.2, 0.25) is 0 Å². The van der Waals surface area contributed by atoms with Crippen LogP contribution in [0.1, 0.15) is 20.3 Å². The van der Waals surface area contributed by atoms with Crippen molar-refractivity contribution < 1.29 is 9.53 Å². The zero-order valence-corrected chi connectivity index (χ0v) is 7.09. The number of ether oxygens (including phenoxy) is 1. The molecule has 0 aromatic rings. The Morgan fingerprint density at radius 3 is 2.91 bits per heavy atom. The van der Waals surface area contributed by atoms with Crippen molar-refractivity contribution in [3.63, 3.8) is 0 Å². The van der Waals surface area contributed by atoms with Gasteiger partial charge < -0.3 is 10.1 Å². The van der Waals surface area contributed by atoms with Gasteiger partial charge >= 0.3 is 5.97 Å². The van der Waals surface area contributed by atoms with Crippen molar-refractivity contribution in [2.75, 3.05) is 13.2 Å². The predicted molar refractivity (Wildman–Crippen MR) is 42.2 cm³/mol. The lowest BCUT2D eigenvalue weighted by atomic mass is 10.0. The molecular formula is C8H15NO2. The third kappa shape index (κ3) is 1.93. The van der Waals surface area contributed by atoms with Crippen LogP contribution >= 0.6 is 0 Å². The van der Waals surface area contributed by atoms with Crippen LogP contribution in [-0.2, 0) is 9.53 Å². The number of esters is 1. The maximum atomic E-state index is 11.2. The molecule has 2 atom stereocenters. The monoisotopic (exact) mass is 157 g/mol. The van der Waals surface area contributed by atoms with Gasteiger partial charge in [-0.2, -0.15) is 0 Å². The van der Waals surface area contributed by atoms with Crippen LogP contribution in [0, 0.1) is 5.92 Å². The maximum Gasteiger partial charge on any atom is 0.323 e. The third-order valence-corrected chi connectivity index (χ3v) is 2.07. The lowest BCUT2D eigenvalue weighted by molar-refractivity contribution is -0.146. The quantitative estimate of drug-likeness (QED) is 0.595. The number of carbonyl (C=O) groups is 1. The van der Waals surface area contributed by atoms with Crippen LogP contribution in [0.3, 0.4) is 0 Å². The van der Waals surface area contributed by atoms with Crippen molar-refractivity contribution in [3.05, 3.63) is 0 Å². The van der Waals surface area contributed by atoms with Gasteiger partial charge in [0.15, 0.2) is 0 Å². The highest BCUT2D eigenvalue weighted by Gasteiger charge is 2.29. The summed E-state index contributed by atoms with van der Waals surface area (Å²) in [4.78, 5) is 11.2. The molecule has 1 heterocycles. The topological polar surface area (TPSA) is 38.3 Å². The molecule has 64 valence electrons. The SMILES string of the molecule is CCOC(=O)C1NCC[C@@H]1C. The van der Waals surface area contributed by atoms with Gasteiger partial charge in [-0.25, -0.2) is 0 Å². The van der Waals surface area contributed by atoms with Crippen molar-refractivity contribution in [3.8, 4) is 0 Å². The summed E-state index contributed by atoms with van der Waals surface area (Å²) in [6.45, 7) is 5.31. The molecule has 0 aliphatic carbocycles. The van der Waals surface area contributed by atoms with Gasteiger partial charge in [-0.1, -0.05) is 6.92 Å². The van der Waals surface area contributed by atoms with E-state index in [1.807, 2.05) is 6.92 Å². The number of rotatable bonds is 2. The van der Waals surface area contributed by atoms with E-state index in [1.54, 1.807) is 0 Å². The van der Waals surface area contributed by atoms with Crippen molar-refractivity contribution in [2.45, 2.75) is 26.3 Å². The van der Waals surface area contributed by atoms with Crippen LogP contribution < -0.4 is 5.32 Å². The lowest BCUT2D eigenvalue weighted by Crippen LogP contribution is -2.36. The van der Waals surface area contributed by atoms with E-state index in [-0.39, 0.29) is 12.0 Å². The first-order valence-corrected chi connectivity index (χ1v) is 4.15. The Morgan fingerprint density at radius 2 is 2.45 bits per heavy atom. The molecule has 1 aliphatic rings. The summed E-state index contributed by atoms with van der Waals surface area (Å²) in [7, 11) is 0. The van der Waals surface area contributed by atoms with E-state index < -0.39 is 0 Å². The minimum atomic E-state index is -0.0995. The molecule has 1 aliphatic heterocycles. The third-order valence-electron chi connectivity index (χ3n) is 2.07. The second-order valence-electron chi connectivity index (χ2n) is 2.95. The van der Waals surface area contributed by atoms with Crippen LogP contribution in [0.5, 0.6) is 0 Å². The normalized spacial score (nSPS) is 30.4. The average molecular weight is 157 g/mol. The largest absolute Gasteiger partial charge is 0.465 e. The van der Waals surface area contributed by atoms with Gasteiger partial charge in [-0.3, -0.25) is 4.79 Å². The predicted octanol–water partition coefficient (Wildman–Crippen LogP) is 0.547. The highest BCUT2D eigenvalue weighted by molar-refractivity contribution is 5.76. The molecule has 1 unspecified atom stereocenters. The van der Waals surface area contributed by atoms with Gasteiger partial charge in [0.05, 0.1) is 6.61 Å². The minimum Gasteiger partial charge on any atom is -0.465 e. The van der Waals surface area contributed by atoms with Crippen LogP contribution in [0.4, 0.5) is 0 Å². The van der Waals surface area contributed by atoms with Gasteiger partial charge in [0, 0.05) is 0 Å². The summed E-state index contributed by atoms with van der Waals surface area (Å²) in [5.41, 5.74) is 0. The number of carbonyl (C=O) groups excluding carboxylic acids is 1. The molecular weight excluding hydrogens is 142 g/mol. The first-order valence-electron chi connectivity index (χ1n) is 4.15. The fraction of sp³-hybridized carbons (Fsp3) is 0.875. The van der Waals surface area contributed by atoms with E-state index >= 15 is 0 Å². The molecule has 0 aromatic heterocycles. The summed E-state index contributed by atoms with van der Waals surface area (Å²) in [5.74, 6) is 0.326. The Balaban J connectivity index is 2.39. The number of hydrogen-bond acceptors (Lipinski definition) is 3. The molecule has 1 rings (SSSR count). The Bertz CT molecular complexity index is 147. The highest BCUT2D eigenvalue weighted by Crippen LogP contribution is 2.15. The molecule has 1 N–H and O–H groups in total. The van der Waals surface area contributed by atoms with E-state index in [2.05, 4.69) is 12.2 Å². The molecule has 3 nitrogen and oxygen atoms in total. The fourth-order valence-corrected chi connectivity index (χ4v) is 1.38. The maximum absolute atomic E-state index is 11.2. The average Bonchev–Trinajstić information content (AvgIpc) is 2.36. The van der Waals surface area contributed by atoms with E-state index in [9.17, 15) is 4.79 Å². The van der Waals surface area contributed by atoms with Gasteiger partial charge in [0.1, 0.15) is 6.04 Å². The number of nitrogens with one attached hydrogen (secondary N) is 1. The van der Waals surface area contributed by atoms with E-state index in [4.69, 9.17) is 4.74 Å². The first kappa shape index (κ1) is 8.53. The molecule has 0 bridgehead atoms. The second-order valence-corrected chi connectivity index (χ2v) is 2.95. The number of hydrogen-bond donors (Lipinski definition) is 1. The van der Waals surface area contributed by atoms with Gasteiger partial charge in [0.25, 0.3) is 0 Å². The summed E-state index contributed by atoms with van der Waals surface area (Å²) >= 11 is 0. The molecule has 0 amide bonds. The Labute approximate surface area is 67.1 Å². The van der Waals surface area contributed by atoms with E-state index in [0.29, 0.717) is 12.5 Å². The summed E-state index contributed by atoms with van der Waals surface area (Å²) < 4.78 is 4.89. The second kappa shape index (κ2) is 3.72. The van der Waals surface area contributed by atoms with Crippen molar-refractivity contribution >= 4 is 5.97 Å². The summed E-state index contributed by atoms with van der Waals surface area (Å²) in [6.07, 6.45) is 1.07. The molecule has 1 saturated heterocycles. The fourth-order valence-electron chi connectivity index (χ4n) is 1.38. The molecule has 1 fully saturated rings. The van der Waals surface area contributed by atoms with Crippen LogP contribution in [0.25, 0.3) is 0 Å². The Kier molecular flexibility index (Phi) is 2.88. The smallest absolute Gasteiger partial charge is 0.323 e. The van der Waals surface area contributed by atoms with Crippen molar-refractivity contribution in [2.24, 2.45) is 5.92 Å². The van der Waals surface area contributed by atoms with Crippen LogP contribution in [0.15, 0.2) is 0 Å². The Morgan fingerprint density at radius 1 is 1.73 bits per heavy atom. The molecule has 11 heavy (non-hydrogen) atoms. The van der Waals surface area contributed by atoms with Gasteiger partial charge in [0.2, 0.25) is 0 Å². The molecule has 0 saturated carbocycles. The molecule has 3 heteroatoms. The summed E-state index contributed by atoms with van der Waals surface area (Å²) in [5, 5.41) is 3.12. The molecule has 0 spiro atoms. The van der Waals surface area contributed by atoms with Crippen LogP contribution in [-0.4, -0.2) is 25.2 Å². The zero-order chi connectivity index (χ0) is 8.27. The zero-order valence-electron chi connectivity index (χ0n) is 7.09. The van der Waals surface area contributed by atoms with Crippen molar-refractivity contribution in [1.29, 1.82) is 0 Å². The van der Waals surface area contributed by atoms with E-state index in [1.165, 1.54) is 0 Å². The summed E-state index contributed by atoms with van der Waals surface area (Å²) in [6, 6.07) is -0.0602. The standard InChI is InChI=1S/C8H15NO2/c1-3-11-8(10)7-6(2)4-5-9-7/h6-7,9H,3-5H2,1-2H3/t6-,7?/m0/s1. The van der Waals surface area contributed by atoms with E-state index in [0.717, 1.165) is 13.0 Å². The van der Waals surface area contributed by atoms with Gasteiger partial charge in [-0.05, 0) is 25.8 Å². The molecule has 0 radical (unpaired) electrons. The lowest BCUT2D eigenvalue weighted by Gasteiger charge is -2.12. The minimum absolute atomic E-state index is 0.0602.